The van der Waals surface area contributed by atoms with E-state index >= 15 is 0 Å². The molecule has 1 aromatic rings. The van der Waals surface area contributed by atoms with Crippen molar-refractivity contribution in [1.29, 1.82) is 0 Å². The Labute approximate surface area is 220 Å². The quantitative estimate of drug-likeness (QED) is 0.205. The second-order valence-electron chi connectivity index (χ2n) is 8.90. The van der Waals surface area contributed by atoms with E-state index in [0.29, 0.717) is 18.8 Å². The van der Waals surface area contributed by atoms with Gasteiger partial charge in [0.15, 0.2) is 0 Å². The monoisotopic (exact) mass is 558 g/mol. The van der Waals surface area contributed by atoms with Gasteiger partial charge in [0, 0.05) is 58.0 Å². The molecule has 38 heavy (non-hydrogen) atoms. The van der Waals surface area contributed by atoms with Crippen molar-refractivity contribution in [1.82, 2.24) is 19.6 Å². The Morgan fingerprint density at radius 1 is 0.658 bits per heavy atom. The third kappa shape index (κ3) is 11.9. The molecule has 0 bridgehead atoms. The number of primary sulfonamides is 1. The first-order valence-corrected chi connectivity index (χ1v) is 13.3. The van der Waals surface area contributed by atoms with Gasteiger partial charge in [-0.05, 0) is 24.3 Å². The lowest BCUT2D eigenvalue weighted by molar-refractivity contribution is -0.140. The summed E-state index contributed by atoms with van der Waals surface area (Å²) in [6, 6.07) is 5.34. The van der Waals surface area contributed by atoms with E-state index in [1.807, 2.05) is 0 Å². The molecule has 1 aromatic carbocycles. The summed E-state index contributed by atoms with van der Waals surface area (Å²) in [5.41, 5.74) is 0.357. The SMILES string of the molecule is NS(=O)(=O)c1ccc(NC(=O)CN2CCN(CC(=O)O)CCN(CC(=O)O)CCN(CC(=O)O)CC2)cc1. The molecule has 6 N–H and O–H groups in total. The van der Waals surface area contributed by atoms with Crippen molar-refractivity contribution >= 4 is 39.5 Å². The van der Waals surface area contributed by atoms with Gasteiger partial charge in [-0.25, -0.2) is 13.6 Å². The summed E-state index contributed by atoms with van der Waals surface area (Å²) in [6.45, 7) is 1.39. The van der Waals surface area contributed by atoms with Crippen LogP contribution in [-0.2, 0) is 29.2 Å². The third-order valence-electron chi connectivity index (χ3n) is 5.84. The Hall–Kier alpha value is -3.15. The number of anilines is 1. The van der Waals surface area contributed by atoms with Gasteiger partial charge in [0.1, 0.15) is 0 Å². The topological polar surface area (TPSA) is 214 Å². The van der Waals surface area contributed by atoms with E-state index in [1.165, 1.54) is 24.3 Å². The number of carbonyl (C=O) groups is 4. The van der Waals surface area contributed by atoms with Crippen LogP contribution in [0, 0.1) is 0 Å². The van der Waals surface area contributed by atoms with Gasteiger partial charge >= 0.3 is 17.9 Å². The second-order valence-corrected chi connectivity index (χ2v) is 10.5. The number of nitrogens with one attached hydrogen (secondary N) is 1. The van der Waals surface area contributed by atoms with Crippen LogP contribution in [-0.4, -0.2) is 146 Å². The van der Waals surface area contributed by atoms with Crippen LogP contribution in [0.4, 0.5) is 5.69 Å². The lowest BCUT2D eigenvalue weighted by atomic mass is 10.3. The first-order chi connectivity index (χ1) is 17.8. The number of carboxylic acid groups (broad SMARTS) is 3. The molecule has 16 heteroatoms. The van der Waals surface area contributed by atoms with E-state index in [0.717, 1.165) is 0 Å². The maximum atomic E-state index is 12.7. The number of sulfonamides is 1. The molecule has 0 aromatic heterocycles. The molecule has 0 radical (unpaired) electrons. The highest BCUT2D eigenvalue weighted by Crippen LogP contribution is 2.13. The second kappa shape index (κ2) is 14.7. The average Bonchev–Trinajstić information content (AvgIpc) is 2.79. The van der Waals surface area contributed by atoms with Gasteiger partial charge in [-0.3, -0.25) is 38.8 Å². The highest BCUT2D eigenvalue weighted by molar-refractivity contribution is 7.89. The first-order valence-electron chi connectivity index (χ1n) is 11.8. The normalized spacial score (nSPS) is 17.7. The summed E-state index contributed by atoms with van der Waals surface area (Å²) in [6.07, 6.45) is 0. The number of rotatable bonds is 10. The molecule has 1 saturated heterocycles. The maximum absolute atomic E-state index is 12.7. The van der Waals surface area contributed by atoms with E-state index in [4.69, 9.17) is 5.14 Å². The zero-order valence-corrected chi connectivity index (χ0v) is 21.7. The lowest BCUT2D eigenvalue weighted by Gasteiger charge is -2.32. The minimum Gasteiger partial charge on any atom is -0.480 e. The molecule has 0 saturated carbocycles. The number of amides is 1. The minimum atomic E-state index is -3.87. The predicted molar refractivity (Wildman–Crippen MR) is 135 cm³/mol. The van der Waals surface area contributed by atoms with Crippen molar-refractivity contribution < 1.29 is 42.9 Å². The molecular formula is C22H34N6O9S. The van der Waals surface area contributed by atoms with Crippen LogP contribution in [0.3, 0.4) is 0 Å². The predicted octanol–water partition coefficient (Wildman–Crippen LogP) is -2.25. The van der Waals surface area contributed by atoms with Crippen molar-refractivity contribution in [2.75, 3.05) is 83.9 Å². The van der Waals surface area contributed by atoms with Gasteiger partial charge in [0.25, 0.3) is 0 Å². The molecule has 212 valence electrons. The van der Waals surface area contributed by atoms with Crippen molar-refractivity contribution in [3.8, 4) is 0 Å². The summed E-state index contributed by atoms with van der Waals surface area (Å²) in [5.74, 6) is -3.52. The van der Waals surface area contributed by atoms with Crippen LogP contribution in [0.25, 0.3) is 0 Å². The van der Waals surface area contributed by atoms with Gasteiger partial charge < -0.3 is 20.6 Å². The van der Waals surface area contributed by atoms with Crippen LogP contribution >= 0.6 is 0 Å². The van der Waals surface area contributed by atoms with Crippen LogP contribution in [0.5, 0.6) is 0 Å². The third-order valence-corrected chi connectivity index (χ3v) is 6.77. The zero-order chi connectivity index (χ0) is 28.3. The average molecular weight is 559 g/mol. The van der Waals surface area contributed by atoms with Crippen LogP contribution in [0.1, 0.15) is 0 Å². The summed E-state index contributed by atoms with van der Waals surface area (Å²) in [4.78, 5) is 53.3. The summed E-state index contributed by atoms with van der Waals surface area (Å²) in [7, 11) is -3.87. The first kappa shape index (κ1) is 31.1. The Balaban J connectivity index is 2.13. The Morgan fingerprint density at radius 2 is 0.974 bits per heavy atom. The van der Waals surface area contributed by atoms with Gasteiger partial charge in [-0.1, -0.05) is 0 Å². The van der Waals surface area contributed by atoms with Crippen molar-refractivity contribution in [2.45, 2.75) is 4.90 Å². The molecule has 0 unspecified atom stereocenters. The van der Waals surface area contributed by atoms with E-state index in [9.17, 15) is 42.9 Å². The fourth-order valence-corrected chi connectivity index (χ4v) is 4.43. The molecule has 15 nitrogen and oxygen atoms in total. The molecule has 1 amide bonds. The standard InChI is InChI=1S/C22H34N6O9S/c23-38(36,37)18-3-1-17(2-4-18)24-19(29)13-25-5-7-26(14-20(30)31)9-11-28(16-22(34)35)12-10-27(8-6-25)15-21(32)33/h1-4H,5-16H2,(H,24,29)(H,30,31)(H,32,33)(H,34,35)(H2,23,36,37). The number of hydrogen-bond acceptors (Lipinski definition) is 10. The molecular weight excluding hydrogens is 524 g/mol. The zero-order valence-electron chi connectivity index (χ0n) is 20.9. The van der Waals surface area contributed by atoms with Gasteiger partial charge in [0.05, 0.1) is 31.1 Å². The maximum Gasteiger partial charge on any atom is 0.317 e. The summed E-state index contributed by atoms with van der Waals surface area (Å²) in [5, 5.41) is 35.6. The fourth-order valence-electron chi connectivity index (χ4n) is 3.92. The largest absolute Gasteiger partial charge is 0.480 e. The molecule has 0 atom stereocenters. The lowest BCUT2D eigenvalue weighted by Crippen LogP contribution is -2.49. The number of hydrogen-bond donors (Lipinski definition) is 5. The van der Waals surface area contributed by atoms with Crippen LogP contribution < -0.4 is 10.5 Å². The van der Waals surface area contributed by atoms with Gasteiger partial charge in [-0.2, -0.15) is 0 Å². The number of carboxylic acids is 3. The van der Waals surface area contributed by atoms with Crippen molar-refractivity contribution in [3.63, 3.8) is 0 Å². The fraction of sp³-hybridized carbons (Fsp3) is 0.545. The summed E-state index contributed by atoms with van der Waals surface area (Å²) >= 11 is 0. The minimum absolute atomic E-state index is 0.0795. The van der Waals surface area contributed by atoms with E-state index in [2.05, 4.69) is 5.32 Å². The summed E-state index contributed by atoms with van der Waals surface area (Å²) < 4.78 is 22.8. The van der Waals surface area contributed by atoms with Crippen LogP contribution in [0.15, 0.2) is 29.2 Å². The molecule has 1 aliphatic heterocycles. The number of benzene rings is 1. The Bertz CT molecular complexity index is 1050. The van der Waals surface area contributed by atoms with E-state index in [-0.39, 0.29) is 70.3 Å². The highest BCUT2D eigenvalue weighted by Gasteiger charge is 2.21. The Morgan fingerprint density at radius 3 is 1.26 bits per heavy atom. The van der Waals surface area contributed by atoms with Gasteiger partial charge in [0.2, 0.25) is 15.9 Å². The molecule has 2 rings (SSSR count). The number of nitrogens with two attached hydrogens (primary N) is 1. The number of aliphatic carboxylic acids is 3. The smallest absolute Gasteiger partial charge is 0.317 e. The van der Waals surface area contributed by atoms with Crippen LogP contribution in [0.2, 0.25) is 0 Å². The molecule has 1 fully saturated rings. The van der Waals surface area contributed by atoms with Crippen molar-refractivity contribution in [2.24, 2.45) is 5.14 Å². The number of nitrogens with zero attached hydrogens (tertiary/aromatic N) is 4. The molecule has 1 heterocycles. The molecule has 1 aliphatic rings. The van der Waals surface area contributed by atoms with Gasteiger partial charge in [-0.15, -0.1) is 0 Å². The Kier molecular flexibility index (Phi) is 12.0. The van der Waals surface area contributed by atoms with E-state index in [1.54, 1.807) is 19.6 Å². The number of carbonyl (C=O) groups excluding carboxylic acids is 1. The highest BCUT2D eigenvalue weighted by atomic mass is 32.2. The molecule has 0 spiro atoms. The molecule has 0 aliphatic carbocycles. The van der Waals surface area contributed by atoms with E-state index < -0.39 is 33.8 Å². The van der Waals surface area contributed by atoms with Crippen molar-refractivity contribution in [3.05, 3.63) is 24.3 Å².